The van der Waals surface area contributed by atoms with E-state index in [4.69, 9.17) is 0 Å². The molecule has 1 aromatic carbocycles. The molecule has 0 N–H and O–H groups in total. The third-order valence-corrected chi connectivity index (χ3v) is 5.41. The number of halogens is 1. The van der Waals surface area contributed by atoms with Crippen LogP contribution in [-0.4, -0.2) is 47.1 Å². The minimum atomic E-state index is -0.140. The van der Waals surface area contributed by atoms with Gasteiger partial charge in [0.1, 0.15) is 5.82 Å². The summed E-state index contributed by atoms with van der Waals surface area (Å²) in [4.78, 5) is 5.18. The van der Waals surface area contributed by atoms with Gasteiger partial charge in [-0.3, -0.25) is 4.90 Å². The Kier molecular flexibility index (Phi) is 4.36. The highest BCUT2D eigenvalue weighted by Gasteiger charge is 2.19. The average molecular weight is 315 g/mol. The molecule has 3 heterocycles. The van der Waals surface area contributed by atoms with Gasteiger partial charge in [0.25, 0.3) is 0 Å². The monoisotopic (exact) mass is 315 g/mol. The van der Waals surface area contributed by atoms with Gasteiger partial charge in [0.05, 0.1) is 0 Å². The molecule has 1 saturated heterocycles. The summed E-state index contributed by atoms with van der Waals surface area (Å²) in [6, 6.07) is 7.31. The second-order valence-electron chi connectivity index (χ2n) is 7.02. The molecule has 2 aliphatic heterocycles. The van der Waals surface area contributed by atoms with Gasteiger partial charge in [0.15, 0.2) is 0 Å². The Morgan fingerprint density at radius 1 is 0.826 bits per heavy atom. The van der Waals surface area contributed by atoms with Crippen molar-refractivity contribution in [2.75, 3.05) is 32.7 Å². The van der Waals surface area contributed by atoms with E-state index in [0.717, 1.165) is 31.6 Å². The zero-order chi connectivity index (χ0) is 15.6. The third-order valence-electron chi connectivity index (χ3n) is 5.41. The van der Waals surface area contributed by atoms with Crippen molar-refractivity contribution in [2.45, 2.75) is 38.8 Å². The van der Waals surface area contributed by atoms with Crippen LogP contribution in [-0.2, 0) is 13.1 Å². The Balaban J connectivity index is 1.41. The van der Waals surface area contributed by atoms with E-state index in [-0.39, 0.29) is 5.82 Å². The number of rotatable bonds is 3. The summed E-state index contributed by atoms with van der Waals surface area (Å²) in [5.74, 6) is -0.140. The minimum absolute atomic E-state index is 0.140. The fourth-order valence-electron chi connectivity index (χ4n) is 4.08. The summed E-state index contributed by atoms with van der Waals surface area (Å²) in [5.41, 5.74) is 2.50. The Morgan fingerprint density at radius 3 is 2.43 bits per heavy atom. The molecule has 3 nitrogen and oxygen atoms in total. The van der Waals surface area contributed by atoms with E-state index in [0.29, 0.717) is 0 Å². The fraction of sp³-hybridized carbons (Fsp3) is 0.579. The topological polar surface area (TPSA) is 11.4 Å². The van der Waals surface area contributed by atoms with Crippen molar-refractivity contribution in [3.05, 3.63) is 35.8 Å². The first-order valence-electron chi connectivity index (χ1n) is 9.02. The van der Waals surface area contributed by atoms with Crippen molar-refractivity contribution in [1.82, 2.24) is 14.4 Å². The van der Waals surface area contributed by atoms with Crippen LogP contribution in [0.2, 0.25) is 0 Å². The molecule has 124 valence electrons. The minimum Gasteiger partial charge on any atom is -0.342 e. The van der Waals surface area contributed by atoms with Crippen molar-refractivity contribution < 1.29 is 4.39 Å². The molecule has 1 fully saturated rings. The second-order valence-corrected chi connectivity index (χ2v) is 7.02. The normalized spacial score (nSPS) is 20.6. The zero-order valence-electron chi connectivity index (χ0n) is 13.8. The molecule has 0 amide bonds. The Morgan fingerprint density at radius 2 is 1.61 bits per heavy atom. The molecule has 4 heteroatoms. The van der Waals surface area contributed by atoms with Crippen molar-refractivity contribution in [1.29, 1.82) is 0 Å². The van der Waals surface area contributed by atoms with Crippen LogP contribution in [0, 0.1) is 5.82 Å². The van der Waals surface area contributed by atoms with Gasteiger partial charge in [-0.2, -0.15) is 0 Å². The Bertz CT molecular complexity index is 671. The van der Waals surface area contributed by atoms with Crippen LogP contribution < -0.4 is 0 Å². The summed E-state index contributed by atoms with van der Waals surface area (Å²) in [5, 5.41) is 1.04. The maximum atomic E-state index is 13.4. The molecule has 2 aliphatic rings. The van der Waals surface area contributed by atoms with E-state index in [1.165, 1.54) is 56.5 Å². The summed E-state index contributed by atoms with van der Waals surface area (Å²) in [6.45, 7) is 7.99. The van der Waals surface area contributed by atoms with Crippen molar-refractivity contribution >= 4 is 10.9 Å². The molecule has 2 aromatic rings. The van der Waals surface area contributed by atoms with E-state index >= 15 is 0 Å². The first-order valence-corrected chi connectivity index (χ1v) is 9.02. The van der Waals surface area contributed by atoms with E-state index in [1.54, 1.807) is 12.1 Å². The van der Waals surface area contributed by atoms with Gasteiger partial charge < -0.3 is 9.47 Å². The lowest BCUT2D eigenvalue weighted by Crippen LogP contribution is -2.39. The molecule has 0 spiro atoms. The average Bonchev–Trinajstić information content (AvgIpc) is 2.72. The number of likely N-dealkylation sites (tertiary alicyclic amines) is 1. The van der Waals surface area contributed by atoms with E-state index in [1.807, 2.05) is 6.07 Å². The van der Waals surface area contributed by atoms with Crippen molar-refractivity contribution in [3.63, 3.8) is 0 Å². The number of aromatic nitrogens is 1. The molecule has 23 heavy (non-hydrogen) atoms. The summed E-state index contributed by atoms with van der Waals surface area (Å²) in [7, 11) is 0. The van der Waals surface area contributed by atoms with Crippen LogP contribution in [0.25, 0.3) is 10.9 Å². The maximum absolute atomic E-state index is 13.4. The summed E-state index contributed by atoms with van der Waals surface area (Å²) in [6.07, 6.45) is 5.52. The number of nitrogens with zero attached hydrogens (tertiary/aromatic N) is 3. The highest BCUT2D eigenvalue weighted by atomic mass is 19.1. The first-order chi connectivity index (χ1) is 11.3. The summed E-state index contributed by atoms with van der Waals surface area (Å²) < 4.78 is 15.8. The lowest BCUT2D eigenvalue weighted by Gasteiger charge is -2.31. The molecule has 0 bridgehead atoms. The van der Waals surface area contributed by atoms with E-state index < -0.39 is 0 Å². The van der Waals surface area contributed by atoms with E-state index in [2.05, 4.69) is 20.4 Å². The molecular weight excluding hydrogens is 289 g/mol. The molecule has 0 saturated carbocycles. The molecule has 0 radical (unpaired) electrons. The second kappa shape index (κ2) is 6.62. The first kappa shape index (κ1) is 15.2. The van der Waals surface area contributed by atoms with Crippen LogP contribution in [0.3, 0.4) is 0 Å². The maximum Gasteiger partial charge on any atom is 0.123 e. The number of hydrogen-bond acceptors (Lipinski definition) is 2. The predicted octanol–water partition coefficient (Wildman–Crippen LogP) is 3.47. The van der Waals surface area contributed by atoms with Gasteiger partial charge in [0.2, 0.25) is 0 Å². The number of benzene rings is 1. The highest BCUT2D eigenvalue weighted by molar-refractivity contribution is 5.81. The quantitative estimate of drug-likeness (QED) is 0.859. The van der Waals surface area contributed by atoms with Gasteiger partial charge in [-0.05, 0) is 50.2 Å². The van der Waals surface area contributed by atoms with Crippen molar-refractivity contribution in [2.24, 2.45) is 0 Å². The van der Waals surface area contributed by atoms with Crippen molar-refractivity contribution in [3.8, 4) is 0 Å². The van der Waals surface area contributed by atoms with Crippen LogP contribution in [0.5, 0.6) is 0 Å². The lowest BCUT2D eigenvalue weighted by atomic mass is 10.2. The Hall–Kier alpha value is -1.39. The number of fused-ring (bicyclic) bond motifs is 3. The zero-order valence-corrected chi connectivity index (χ0v) is 13.8. The van der Waals surface area contributed by atoms with Gasteiger partial charge in [0, 0.05) is 49.3 Å². The van der Waals surface area contributed by atoms with Crippen LogP contribution in [0.4, 0.5) is 4.39 Å². The lowest BCUT2D eigenvalue weighted by molar-refractivity contribution is 0.180. The standard InChI is InChI=1S/C19H26FN3/c20-17-5-6-19-16(13-17)14-18-15-22(11-12-23(18)19)10-9-21-7-3-1-2-4-8-21/h5-6,13-14H,1-4,7-12,15H2. The van der Waals surface area contributed by atoms with Crippen LogP contribution >= 0.6 is 0 Å². The van der Waals surface area contributed by atoms with E-state index in [9.17, 15) is 4.39 Å². The number of hydrogen-bond donors (Lipinski definition) is 0. The molecule has 1 aromatic heterocycles. The molecule has 0 unspecified atom stereocenters. The van der Waals surface area contributed by atoms with Gasteiger partial charge in [-0.1, -0.05) is 12.8 Å². The van der Waals surface area contributed by atoms with Gasteiger partial charge >= 0.3 is 0 Å². The largest absolute Gasteiger partial charge is 0.342 e. The predicted molar refractivity (Wildman–Crippen MR) is 92.1 cm³/mol. The molecule has 0 aliphatic carbocycles. The van der Waals surface area contributed by atoms with Gasteiger partial charge in [-0.25, -0.2) is 4.39 Å². The molecule has 0 atom stereocenters. The third kappa shape index (κ3) is 3.29. The van der Waals surface area contributed by atoms with Crippen LogP contribution in [0.15, 0.2) is 24.3 Å². The highest BCUT2D eigenvalue weighted by Crippen LogP contribution is 2.24. The molecule has 4 rings (SSSR count). The Labute approximate surface area is 137 Å². The smallest absolute Gasteiger partial charge is 0.123 e. The van der Waals surface area contributed by atoms with Crippen LogP contribution in [0.1, 0.15) is 31.4 Å². The molecular formula is C19H26FN3. The fourth-order valence-corrected chi connectivity index (χ4v) is 4.08. The van der Waals surface area contributed by atoms with Gasteiger partial charge in [-0.15, -0.1) is 0 Å². The SMILES string of the molecule is Fc1ccc2c(c1)cc1n2CCN(CCN2CCCCCC2)C1. The summed E-state index contributed by atoms with van der Waals surface area (Å²) >= 11 is 0.